The molecule has 1 atom stereocenters. The van der Waals surface area contributed by atoms with Gasteiger partial charge in [0.1, 0.15) is 0 Å². The van der Waals surface area contributed by atoms with Crippen LogP contribution in [0, 0.1) is 0 Å². The van der Waals surface area contributed by atoms with Crippen LogP contribution in [0.2, 0.25) is 5.02 Å². The Bertz CT molecular complexity index is 329. The fraction of sp³-hybridized carbons (Fsp3) is 0.545. The van der Waals surface area contributed by atoms with Crippen molar-refractivity contribution in [3.05, 3.63) is 29.0 Å². The molecule has 0 amide bonds. The van der Waals surface area contributed by atoms with E-state index in [4.69, 9.17) is 11.6 Å². The van der Waals surface area contributed by atoms with Gasteiger partial charge in [0.25, 0.3) is 0 Å². The molecule has 6 heteroatoms. The van der Waals surface area contributed by atoms with E-state index in [-0.39, 0.29) is 24.8 Å². The Labute approximate surface area is 120 Å². The Kier molecular flexibility index (Phi) is 8.09. The van der Waals surface area contributed by atoms with Gasteiger partial charge < -0.3 is 5.32 Å². The quantitative estimate of drug-likeness (QED) is 0.909. The van der Waals surface area contributed by atoms with Crippen LogP contribution in [0.4, 0.5) is 0 Å². The molecule has 1 N–H and O–H groups in total. The predicted molar refractivity (Wildman–Crippen MR) is 76.6 cm³/mol. The zero-order valence-electron chi connectivity index (χ0n) is 9.73. The monoisotopic (exact) mass is 297 g/mol. The number of nitrogens with one attached hydrogen (secondary N) is 1. The molecule has 17 heavy (non-hydrogen) atoms. The topological polar surface area (TPSA) is 28.2 Å². The van der Waals surface area contributed by atoms with Crippen LogP contribution in [0.3, 0.4) is 0 Å². The molecule has 0 saturated carbocycles. The van der Waals surface area contributed by atoms with Gasteiger partial charge in [0.15, 0.2) is 0 Å². The molecule has 1 aliphatic heterocycles. The van der Waals surface area contributed by atoms with Gasteiger partial charge in [-0.15, -0.1) is 24.8 Å². The molecule has 0 spiro atoms. The Hall–Kier alpha value is -0.0600. The highest BCUT2D eigenvalue weighted by atomic mass is 35.5. The van der Waals surface area contributed by atoms with Crippen molar-refractivity contribution in [1.82, 2.24) is 15.2 Å². The maximum absolute atomic E-state index is 6.13. The lowest BCUT2D eigenvalue weighted by molar-refractivity contribution is 0.185. The second-order valence-electron chi connectivity index (χ2n) is 3.86. The average Bonchev–Trinajstić information content (AvgIpc) is 2.30. The highest BCUT2D eigenvalue weighted by Gasteiger charge is 2.19. The Balaban J connectivity index is 0.00000128. The molecule has 1 aromatic heterocycles. The van der Waals surface area contributed by atoms with E-state index >= 15 is 0 Å². The lowest BCUT2D eigenvalue weighted by Gasteiger charge is -2.33. The fourth-order valence-electron chi connectivity index (χ4n) is 1.99. The summed E-state index contributed by atoms with van der Waals surface area (Å²) < 4.78 is 0. The number of pyridine rings is 1. The van der Waals surface area contributed by atoms with Crippen molar-refractivity contribution in [2.24, 2.45) is 0 Å². The molecule has 0 radical (unpaired) electrons. The van der Waals surface area contributed by atoms with E-state index in [1.807, 2.05) is 6.07 Å². The van der Waals surface area contributed by atoms with Crippen molar-refractivity contribution < 1.29 is 0 Å². The highest BCUT2D eigenvalue weighted by molar-refractivity contribution is 6.31. The minimum atomic E-state index is 0. The van der Waals surface area contributed by atoms with Gasteiger partial charge in [0, 0.05) is 44.6 Å². The van der Waals surface area contributed by atoms with Crippen molar-refractivity contribution in [1.29, 1.82) is 0 Å². The fourth-order valence-corrected chi connectivity index (χ4v) is 2.27. The summed E-state index contributed by atoms with van der Waals surface area (Å²) in [7, 11) is 0. The maximum Gasteiger partial charge on any atom is 0.0637 e. The molecule has 0 aliphatic carbocycles. The summed E-state index contributed by atoms with van der Waals surface area (Å²) in [6, 6.07) is 2.39. The van der Waals surface area contributed by atoms with Gasteiger partial charge in [-0.2, -0.15) is 0 Å². The van der Waals surface area contributed by atoms with E-state index < -0.39 is 0 Å². The molecule has 0 aromatic carbocycles. The van der Waals surface area contributed by atoms with Crippen LogP contribution in [-0.2, 0) is 0 Å². The van der Waals surface area contributed by atoms with E-state index in [9.17, 15) is 0 Å². The molecular formula is C11H18Cl3N3. The third kappa shape index (κ3) is 4.27. The van der Waals surface area contributed by atoms with Crippen LogP contribution in [0.25, 0.3) is 0 Å². The summed E-state index contributed by atoms with van der Waals surface area (Å²) in [4.78, 5) is 6.45. The normalized spacial score (nSPS) is 17.8. The van der Waals surface area contributed by atoms with Gasteiger partial charge in [0.05, 0.1) is 5.02 Å². The predicted octanol–water partition coefficient (Wildman–Crippen LogP) is 2.54. The number of hydrogen-bond acceptors (Lipinski definition) is 3. The van der Waals surface area contributed by atoms with E-state index in [2.05, 4.69) is 22.1 Å². The van der Waals surface area contributed by atoms with Gasteiger partial charge in [0.2, 0.25) is 0 Å². The minimum Gasteiger partial charge on any atom is -0.314 e. The first-order valence-corrected chi connectivity index (χ1v) is 5.71. The van der Waals surface area contributed by atoms with Gasteiger partial charge >= 0.3 is 0 Å². The Morgan fingerprint density at radius 3 is 2.59 bits per heavy atom. The molecular weight excluding hydrogens is 281 g/mol. The Morgan fingerprint density at radius 2 is 2.00 bits per heavy atom. The Morgan fingerprint density at radius 1 is 1.35 bits per heavy atom. The molecule has 1 aliphatic rings. The first-order chi connectivity index (χ1) is 7.29. The van der Waals surface area contributed by atoms with Crippen molar-refractivity contribution in [3.63, 3.8) is 0 Å². The van der Waals surface area contributed by atoms with Gasteiger partial charge in [-0.05, 0) is 18.6 Å². The number of piperazine rings is 1. The van der Waals surface area contributed by atoms with Crippen LogP contribution in [0.5, 0.6) is 0 Å². The number of hydrogen-bond donors (Lipinski definition) is 1. The SMILES string of the molecule is C[C@@H](c1ccncc1Cl)N1CCNCC1.Cl.Cl. The maximum atomic E-state index is 6.13. The summed E-state index contributed by atoms with van der Waals surface area (Å²) in [5, 5.41) is 4.12. The van der Waals surface area contributed by atoms with Crippen molar-refractivity contribution in [2.45, 2.75) is 13.0 Å². The summed E-state index contributed by atoms with van der Waals surface area (Å²) >= 11 is 6.13. The first-order valence-electron chi connectivity index (χ1n) is 5.33. The zero-order chi connectivity index (χ0) is 10.7. The standard InChI is InChI=1S/C11H16ClN3.2ClH/c1-9(15-6-4-13-5-7-15)10-2-3-14-8-11(10)12;;/h2-3,8-9,13H,4-7H2,1H3;2*1H/t9-;;/m0../s1. The molecule has 1 fully saturated rings. The van der Waals surface area contributed by atoms with Gasteiger partial charge in [-0.1, -0.05) is 11.6 Å². The first kappa shape index (κ1) is 16.9. The molecule has 0 unspecified atom stereocenters. The zero-order valence-corrected chi connectivity index (χ0v) is 12.1. The number of nitrogens with zero attached hydrogens (tertiary/aromatic N) is 2. The number of aromatic nitrogens is 1. The largest absolute Gasteiger partial charge is 0.314 e. The minimum absolute atomic E-state index is 0. The van der Waals surface area contributed by atoms with Crippen molar-refractivity contribution >= 4 is 36.4 Å². The van der Waals surface area contributed by atoms with Crippen molar-refractivity contribution in [3.8, 4) is 0 Å². The molecule has 3 nitrogen and oxygen atoms in total. The molecule has 1 aromatic rings. The lowest BCUT2D eigenvalue weighted by atomic mass is 10.1. The summed E-state index contributed by atoms with van der Waals surface area (Å²) in [5.74, 6) is 0. The summed E-state index contributed by atoms with van der Waals surface area (Å²) in [6.07, 6.45) is 3.52. The highest BCUT2D eigenvalue weighted by Crippen LogP contribution is 2.26. The van der Waals surface area contributed by atoms with Crippen LogP contribution in [0.1, 0.15) is 18.5 Å². The third-order valence-electron chi connectivity index (χ3n) is 2.95. The summed E-state index contributed by atoms with van der Waals surface area (Å²) in [5.41, 5.74) is 1.17. The van der Waals surface area contributed by atoms with Crippen LogP contribution in [0.15, 0.2) is 18.5 Å². The number of rotatable bonds is 2. The van der Waals surface area contributed by atoms with Crippen LogP contribution < -0.4 is 5.32 Å². The second kappa shape index (κ2) is 8.11. The van der Waals surface area contributed by atoms with Crippen LogP contribution in [-0.4, -0.2) is 36.1 Å². The van der Waals surface area contributed by atoms with Crippen LogP contribution >= 0.6 is 36.4 Å². The molecule has 2 heterocycles. The molecule has 2 rings (SSSR count). The third-order valence-corrected chi connectivity index (χ3v) is 3.27. The van der Waals surface area contributed by atoms with Gasteiger partial charge in [-0.3, -0.25) is 9.88 Å². The van der Waals surface area contributed by atoms with E-state index in [1.54, 1.807) is 12.4 Å². The smallest absolute Gasteiger partial charge is 0.0637 e. The van der Waals surface area contributed by atoms with Gasteiger partial charge in [-0.25, -0.2) is 0 Å². The molecule has 0 bridgehead atoms. The average molecular weight is 299 g/mol. The molecule has 98 valence electrons. The van der Waals surface area contributed by atoms with Crippen molar-refractivity contribution in [2.75, 3.05) is 26.2 Å². The number of halogens is 3. The van der Waals surface area contributed by atoms with E-state index in [1.165, 1.54) is 5.56 Å². The van der Waals surface area contributed by atoms with E-state index in [0.717, 1.165) is 31.2 Å². The van der Waals surface area contributed by atoms with E-state index in [0.29, 0.717) is 6.04 Å². The molecule has 1 saturated heterocycles. The summed E-state index contributed by atoms with van der Waals surface area (Å²) in [6.45, 7) is 6.49. The lowest BCUT2D eigenvalue weighted by Crippen LogP contribution is -2.44. The second-order valence-corrected chi connectivity index (χ2v) is 4.27.